The number of amides is 1. The highest BCUT2D eigenvalue weighted by molar-refractivity contribution is 8.24. The number of hydrogen-bond donors (Lipinski definition) is 3. The van der Waals surface area contributed by atoms with Crippen molar-refractivity contribution in [3.8, 4) is 11.3 Å². The van der Waals surface area contributed by atoms with E-state index in [1.54, 1.807) is 12.1 Å². The Balaban J connectivity index is 1.41. The van der Waals surface area contributed by atoms with E-state index in [0.29, 0.717) is 33.1 Å². The fourth-order valence-corrected chi connectivity index (χ4v) is 5.91. The normalized spacial score (nSPS) is 17.6. The molecule has 152 valence electrons. The van der Waals surface area contributed by atoms with Crippen LogP contribution in [0.1, 0.15) is 34.7 Å². The summed E-state index contributed by atoms with van der Waals surface area (Å²) >= 11 is 7.57. The molecule has 0 saturated carbocycles. The van der Waals surface area contributed by atoms with Crippen molar-refractivity contribution in [1.82, 2.24) is 4.98 Å². The second kappa shape index (κ2) is 8.45. The molecule has 0 atom stereocenters. The summed E-state index contributed by atoms with van der Waals surface area (Å²) in [4.78, 5) is 17.0. The highest BCUT2D eigenvalue weighted by atomic mass is 35.5. The van der Waals surface area contributed by atoms with E-state index < -0.39 is 10.6 Å². The van der Waals surface area contributed by atoms with E-state index in [4.69, 9.17) is 11.6 Å². The van der Waals surface area contributed by atoms with Crippen molar-refractivity contribution in [3.05, 3.63) is 70.1 Å². The lowest BCUT2D eigenvalue weighted by Crippen LogP contribution is -2.19. The number of carbonyl (C=O) groups excluding carboxylic acids is 1. The van der Waals surface area contributed by atoms with Crippen LogP contribution in [-0.4, -0.2) is 31.5 Å². The Hall–Kier alpha value is -1.90. The van der Waals surface area contributed by atoms with Crippen LogP contribution in [0.5, 0.6) is 0 Å². The maximum Gasteiger partial charge on any atom is 0.257 e. The van der Waals surface area contributed by atoms with Crippen molar-refractivity contribution in [2.75, 3.05) is 16.8 Å². The van der Waals surface area contributed by atoms with Gasteiger partial charge in [0.1, 0.15) is 0 Å². The zero-order valence-corrected chi connectivity index (χ0v) is 17.9. The summed E-state index contributed by atoms with van der Waals surface area (Å²) in [6.07, 6.45) is 1.52. The molecule has 0 bridgehead atoms. The van der Waals surface area contributed by atoms with Gasteiger partial charge in [0.15, 0.2) is 5.13 Å². The number of anilines is 1. The predicted molar refractivity (Wildman–Crippen MR) is 122 cm³/mol. The first-order valence-corrected chi connectivity index (χ1v) is 12.4. The van der Waals surface area contributed by atoms with E-state index in [0.717, 1.165) is 29.7 Å². The minimum Gasteiger partial charge on any atom is -0.299 e. The van der Waals surface area contributed by atoms with Gasteiger partial charge in [-0.3, -0.25) is 19.2 Å². The number of halogens is 1. The quantitative estimate of drug-likeness (QED) is 0.434. The Morgan fingerprint density at radius 1 is 1.10 bits per heavy atom. The van der Waals surface area contributed by atoms with E-state index in [9.17, 15) is 13.9 Å². The first kappa shape index (κ1) is 20.4. The standard InChI is InChI=1S/C21H21ClN2O3S2/c22-18-4-2-1-3-17(18)19-13-28-21(23-19)24-20(25)16-7-5-14(6-8-16)15-9-11-29(26,27)12-10-15/h1-8,13,15,26-27H,9-12H2,(H,23,24,25). The Morgan fingerprint density at radius 3 is 2.48 bits per heavy atom. The molecule has 3 aromatic rings. The van der Waals surface area contributed by atoms with Gasteiger partial charge in [0.2, 0.25) is 0 Å². The Bertz CT molecular complexity index is 1010. The van der Waals surface area contributed by atoms with Gasteiger partial charge in [0, 0.05) is 33.0 Å². The van der Waals surface area contributed by atoms with Crippen LogP contribution in [0.2, 0.25) is 5.02 Å². The summed E-state index contributed by atoms with van der Waals surface area (Å²) in [5.41, 5.74) is 3.25. The number of nitrogens with one attached hydrogen (secondary N) is 1. The lowest BCUT2D eigenvalue weighted by atomic mass is 9.93. The number of benzene rings is 2. The number of aromatic nitrogens is 1. The van der Waals surface area contributed by atoms with Crippen molar-refractivity contribution in [3.63, 3.8) is 0 Å². The molecule has 1 aliphatic rings. The molecule has 1 fully saturated rings. The average Bonchev–Trinajstić information content (AvgIpc) is 3.16. The number of carbonyl (C=O) groups is 1. The molecule has 1 saturated heterocycles. The van der Waals surface area contributed by atoms with Gasteiger partial charge in [-0.2, -0.15) is 10.6 Å². The lowest BCUT2D eigenvalue weighted by Gasteiger charge is -2.39. The summed E-state index contributed by atoms with van der Waals surface area (Å²) in [6, 6.07) is 15.0. The van der Waals surface area contributed by atoms with Crippen LogP contribution in [0.25, 0.3) is 11.3 Å². The Labute approximate surface area is 180 Å². The third-order valence-electron chi connectivity index (χ3n) is 5.11. The number of rotatable bonds is 4. The maximum atomic E-state index is 12.6. The van der Waals surface area contributed by atoms with Crippen molar-refractivity contribution in [1.29, 1.82) is 0 Å². The molecule has 29 heavy (non-hydrogen) atoms. The van der Waals surface area contributed by atoms with Crippen LogP contribution < -0.4 is 5.32 Å². The predicted octanol–water partition coefficient (Wildman–Crippen LogP) is 6.34. The molecule has 5 nitrogen and oxygen atoms in total. The van der Waals surface area contributed by atoms with Gasteiger partial charge in [0.25, 0.3) is 5.91 Å². The summed E-state index contributed by atoms with van der Waals surface area (Å²) < 4.78 is 19.5. The van der Waals surface area contributed by atoms with E-state index in [-0.39, 0.29) is 5.91 Å². The maximum absolute atomic E-state index is 12.6. The van der Waals surface area contributed by atoms with Gasteiger partial charge in [0.05, 0.1) is 5.69 Å². The largest absolute Gasteiger partial charge is 0.299 e. The second-order valence-electron chi connectivity index (χ2n) is 7.08. The van der Waals surface area contributed by atoms with Crippen LogP contribution in [0.15, 0.2) is 53.9 Å². The molecule has 0 unspecified atom stereocenters. The van der Waals surface area contributed by atoms with Gasteiger partial charge in [-0.15, -0.1) is 11.3 Å². The third kappa shape index (κ3) is 4.82. The minimum atomic E-state index is -2.38. The molecule has 8 heteroatoms. The highest BCUT2D eigenvalue weighted by Crippen LogP contribution is 2.48. The molecule has 1 aliphatic heterocycles. The molecule has 0 spiro atoms. The average molecular weight is 449 g/mol. The van der Waals surface area contributed by atoms with Crippen LogP contribution >= 0.6 is 33.5 Å². The van der Waals surface area contributed by atoms with Crippen molar-refractivity contribution < 1.29 is 13.9 Å². The Kier molecular flexibility index (Phi) is 5.94. The molecule has 1 amide bonds. The van der Waals surface area contributed by atoms with Crippen LogP contribution in [0, 0.1) is 0 Å². The molecule has 3 N–H and O–H groups in total. The smallest absolute Gasteiger partial charge is 0.257 e. The minimum absolute atomic E-state index is 0.213. The molecule has 2 aromatic carbocycles. The molecular weight excluding hydrogens is 428 g/mol. The van der Waals surface area contributed by atoms with E-state index in [1.807, 2.05) is 41.8 Å². The Morgan fingerprint density at radius 2 is 1.79 bits per heavy atom. The fraction of sp³-hybridized carbons (Fsp3) is 0.238. The van der Waals surface area contributed by atoms with Gasteiger partial charge < -0.3 is 0 Å². The summed E-state index contributed by atoms with van der Waals surface area (Å²) in [5.74, 6) is 1.01. The second-order valence-corrected chi connectivity index (χ2v) is 10.8. The third-order valence-corrected chi connectivity index (χ3v) is 7.97. The molecule has 0 aliphatic carbocycles. The summed E-state index contributed by atoms with van der Waals surface area (Å²) in [6.45, 7) is 0. The zero-order chi connectivity index (χ0) is 20.4. The number of thiazole rings is 1. The van der Waals surface area contributed by atoms with Gasteiger partial charge in [-0.1, -0.05) is 41.9 Å². The first-order chi connectivity index (χ1) is 13.9. The highest BCUT2D eigenvalue weighted by Gasteiger charge is 2.25. The van der Waals surface area contributed by atoms with E-state index >= 15 is 0 Å². The zero-order valence-electron chi connectivity index (χ0n) is 15.5. The topological polar surface area (TPSA) is 82.5 Å². The van der Waals surface area contributed by atoms with Crippen molar-refractivity contribution >= 4 is 44.6 Å². The monoisotopic (exact) mass is 448 g/mol. The fourth-order valence-electron chi connectivity index (χ4n) is 3.44. The van der Waals surface area contributed by atoms with Crippen LogP contribution in [0.3, 0.4) is 0 Å². The molecule has 1 aromatic heterocycles. The number of hydrogen-bond acceptors (Lipinski definition) is 5. The van der Waals surface area contributed by atoms with Gasteiger partial charge >= 0.3 is 0 Å². The molecule has 2 heterocycles. The molecular formula is C21H21ClN2O3S2. The molecule has 4 rings (SSSR count). The van der Waals surface area contributed by atoms with E-state index in [2.05, 4.69) is 10.3 Å². The van der Waals surface area contributed by atoms with Crippen molar-refractivity contribution in [2.45, 2.75) is 18.8 Å². The summed E-state index contributed by atoms with van der Waals surface area (Å²) in [5, 5.41) is 5.85. The van der Waals surface area contributed by atoms with Gasteiger partial charge in [-0.05, 0) is 42.5 Å². The SMILES string of the molecule is O=C(Nc1nc(-c2ccccc2Cl)cs1)c1ccc(C2CCS(O)(O)CC2)cc1. The van der Waals surface area contributed by atoms with Gasteiger partial charge in [-0.25, -0.2) is 4.98 Å². The molecule has 0 radical (unpaired) electrons. The van der Waals surface area contributed by atoms with E-state index in [1.165, 1.54) is 11.3 Å². The van der Waals surface area contributed by atoms with Crippen LogP contribution in [0.4, 0.5) is 5.13 Å². The summed E-state index contributed by atoms with van der Waals surface area (Å²) in [7, 11) is -2.38. The number of nitrogens with zero attached hydrogens (tertiary/aromatic N) is 1. The lowest BCUT2D eigenvalue weighted by molar-refractivity contribution is 0.102. The van der Waals surface area contributed by atoms with Crippen LogP contribution in [-0.2, 0) is 0 Å². The first-order valence-electron chi connectivity index (χ1n) is 9.27. The van der Waals surface area contributed by atoms with Crippen molar-refractivity contribution in [2.24, 2.45) is 0 Å².